The van der Waals surface area contributed by atoms with E-state index in [0.29, 0.717) is 21.8 Å². The van der Waals surface area contributed by atoms with Crippen LogP contribution in [0.5, 0.6) is 0 Å². The van der Waals surface area contributed by atoms with Gasteiger partial charge in [-0.05, 0) is 55.3 Å². The summed E-state index contributed by atoms with van der Waals surface area (Å²) in [4.78, 5) is 35.1. The molecule has 0 fully saturated rings. The van der Waals surface area contributed by atoms with Crippen LogP contribution in [-0.4, -0.2) is 28.9 Å². The van der Waals surface area contributed by atoms with Crippen molar-refractivity contribution >= 4 is 34.1 Å². The zero-order valence-corrected chi connectivity index (χ0v) is 21.3. The highest BCUT2D eigenvalue weighted by molar-refractivity contribution is 6.34. The maximum Gasteiger partial charge on any atom is 0.359 e. The number of anilines is 2. The molecule has 0 atom stereocenters. The number of hydrogen-bond acceptors (Lipinski definition) is 7. The summed E-state index contributed by atoms with van der Waals surface area (Å²) in [6.07, 6.45) is 2.98. The number of pyridine rings is 1. The molecule has 0 aliphatic carbocycles. The van der Waals surface area contributed by atoms with Gasteiger partial charge in [0.15, 0.2) is 0 Å². The van der Waals surface area contributed by atoms with E-state index in [2.05, 4.69) is 20.4 Å². The van der Waals surface area contributed by atoms with Gasteiger partial charge in [-0.25, -0.2) is 18.5 Å². The van der Waals surface area contributed by atoms with Crippen LogP contribution in [0, 0.1) is 31.0 Å². The molecule has 2 aromatic carbocycles. The summed E-state index contributed by atoms with van der Waals surface area (Å²) < 4.78 is 17.8. The SMILES string of the molecule is Cc1cncc(-n2c(=O)nc(Nc3cc4c(C)n(C)nc4cc3Cl)n(Cc3ccc(F)c(C#N)c3)c2=O)c1. The third kappa shape index (κ3) is 4.42. The molecule has 5 aromatic rings. The van der Waals surface area contributed by atoms with Crippen LogP contribution in [0.3, 0.4) is 0 Å². The van der Waals surface area contributed by atoms with E-state index in [1.165, 1.54) is 22.9 Å². The monoisotopic (exact) mass is 530 g/mol. The van der Waals surface area contributed by atoms with Crippen LogP contribution in [0.4, 0.5) is 16.0 Å². The average Bonchev–Trinajstić information content (AvgIpc) is 3.14. The van der Waals surface area contributed by atoms with Gasteiger partial charge < -0.3 is 5.32 Å². The molecular weight excluding hydrogens is 511 g/mol. The van der Waals surface area contributed by atoms with Crippen molar-refractivity contribution in [1.82, 2.24) is 28.9 Å². The smallest absolute Gasteiger partial charge is 0.324 e. The van der Waals surface area contributed by atoms with Crippen LogP contribution in [0.15, 0.2) is 58.4 Å². The van der Waals surface area contributed by atoms with Crippen molar-refractivity contribution in [2.45, 2.75) is 20.4 Å². The topological polar surface area (TPSA) is 123 Å². The second-order valence-corrected chi connectivity index (χ2v) is 9.16. The lowest BCUT2D eigenvalue weighted by molar-refractivity contribution is 0.620. The molecule has 0 saturated heterocycles. The molecule has 3 heterocycles. The first-order valence-electron chi connectivity index (χ1n) is 11.4. The largest absolute Gasteiger partial charge is 0.359 e. The maximum absolute atomic E-state index is 13.9. The van der Waals surface area contributed by atoms with Gasteiger partial charge >= 0.3 is 11.4 Å². The number of fused-ring (bicyclic) bond motifs is 1. The predicted molar refractivity (Wildman–Crippen MR) is 141 cm³/mol. The molecule has 1 N–H and O–H groups in total. The molecule has 38 heavy (non-hydrogen) atoms. The molecule has 0 unspecified atom stereocenters. The van der Waals surface area contributed by atoms with Gasteiger partial charge in [-0.2, -0.15) is 15.3 Å². The lowest BCUT2D eigenvalue weighted by atomic mass is 10.1. The Morgan fingerprint density at radius 2 is 1.92 bits per heavy atom. The van der Waals surface area contributed by atoms with Crippen LogP contribution >= 0.6 is 11.6 Å². The number of hydrogen-bond donors (Lipinski definition) is 1. The van der Waals surface area contributed by atoms with E-state index in [9.17, 15) is 19.2 Å². The molecule has 0 saturated carbocycles. The number of aromatic nitrogens is 6. The molecular formula is C26H20ClFN8O2. The number of nitriles is 1. The minimum absolute atomic E-state index is 0.0810. The Bertz CT molecular complexity index is 1900. The Labute approximate surface area is 220 Å². The summed E-state index contributed by atoms with van der Waals surface area (Å²) in [5.41, 5.74) is 1.71. The van der Waals surface area contributed by atoms with Crippen molar-refractivity contribution < 1.29 is 4.39 Å². The van der Waals surface area contributed by atoms with Gasteiger partial charge in [0.25, 0.3) is 0 Å². The lowest BCUT2D eigenvalue weighted by Gasteiger charge is -2.16. The second-order valence-electron chi connectivity index (χ2n) is 8.75. The molecule has 10 nitrogen and oxygen atoms in total. The Balaban J connectivity index is 1.70. The number of nitrogens with one attached hydrogen (secondary N) is 1. The molecule has 0 aliphatic heterocycles. The normalized spacial score (nSPS) is 11.1. The molecule has 0 amide bonds. The van der Waals surface area contributed by atoms with Crippen molar-refractivity contribution in [2.75, 3.05) is 5.32 Å². The van der Waals surface area contributed by atoms with Crippen LogP contribution in [0.2, 0.25) is 5.02 Å². The van der Waals surface area contributed by atoms with Gasteiger partial charge in [-0.15, -0.1) is 0 Å². The van der Waals surface area contributed by atoms with Gasteiger partial charge in [-0.1, -0.05) is 17.7 Å². The molecule has 0 spiro atoms. The fourth-order valence-electron chi connectivity index (χ4n) is 4.12. The highest BCUT2D eigenvalue weighted by atomic mass is 35.5. The predicted octanol–water partition coefficient (Wildman–Crippen LogP) is 3.75. The minimum atomic E-state index is -0.826. The summed E-state index contributed by atoms with van der Waals surface area (Å²) in [5.74, 6) is -0.759. The minimum Gasteiger partial charge on any atom is -0.324 e. The van der Waals surface area contributed by atoms with E-state index in [-0.39, 0.29) is 23.7 Å². The first-order valence-corrected chi connectivity index (χ1v) is 11.8. The van der Waals surface area contributed by atoms with E-state index in [1.807, 2.05) is 14.0 Å². The molecule has 0 aliphatic rings. The number of benzene rings is 2. The molecule has 0 radical (unpaired) electrons. The maximum atomic E-state index is 13.9. The Kier molecular flexibility index (Phi) is 6.26. The molecule has 5 rings (SSSR count). The average molecular weight is 531 g/mol. The number of rotatable bonds is 5. The molecule has 3 aromatic heterocycles. The van der Waals surface area contributed by atoms with Crippen LogP contribution in [-0.2, 0) is 13.6 Å². The summed E-state index contributed by atoms with van der Waals surface area (Å²) in [7, 11) is 1.81. The summed E-state index contributed by atoms with van der Waals surface area (Å²) in [6.45, 7) is 3.57. The van der Waals surface area contributed by atoms with Crippen molar-refractivity contribution in [2.24, 2.45) is 7.05 Å². The van der Waals surface area contributed by atoms with Crippen molar-refractivity contribution in [1.29, 1.82) is 5.26 Å². The van der Waals surface area contributed by atoms with Crippen molar-refractivity contribution in [3.63, 3.8) is 0 Å². The van der Waals surface area contributed by atoms with E-state index >= 15 is 0 Å². The Hall–Kier alpha value is -4.82. The molecule has 0 bridgehead atoms. The van der Waals surface area contributed by atoms with Crippen molar-refractivity contribution in [3.8, 4) is 11.8 Å². The van der Waals surface area contributed by atoms with Gasteiger partial charge in [-0.3, -0.25) is 14.2 Å². The third-order valence-electron chi connectivity index (χ3n) is 6.15. The van der Waals surface area contributed by atoms with E-state index in [1.54, 1.807) is 42.1 Å². The van der Waals surface area contributed by atoms with Gasteiger partial charge in [0, 0.05) is 24.3 Å². The fourth-order valence-corrected chi connectivity index (χ4v) is 4.32. The lowest BCUT2D eigenvalue weighted by Crippen LogP contribution is -2.41. The summed E-state index contributed by atoms with van der Waals surface area (Å²) in [6, 6.07) is 10.8. The van der Waals surface area contributed by atoms with Crippen molar-refractivity contribution in [3.05, 3.63) is 103 Å². The quantitative estimate of drug-likeness (QED) is 0.367. The fraction of sp³-hybridized carbons (Fsp3) is 0.154. The summed E-state index contributed by atoms with van der Waals surface area (Å²) in [5, 5.41) is 17.8. The highest BCUT2D eigenvalue weighted by Gasteiger charge is 2.18. The second kappa shape index (κ2) is 9.57. The van der Waals surface area contributed by atoms with E-state index in [0.717, 1.165) is 27.3 Å². The molecule has 12 heteroatoms. The zero-order valence-electron chi connectivity index (χ0n) is 20.5. The number of nitrogens with zero attached hydrogens (tertiary/aromatic N) is 7. The zero-order chi connectivity index (χ0) is 27.1. The van der Waals surface area contributed by atoms with Gasteiger partial charge in [0.2, 0.25) is 5.95 Å². The Morgan fingerprint density at radius 3 is 2.66 bits per heavy atom. The van der Waals surface area contributed by atoms with Crippen LogP contribution < -0.4 is 16.7 Å². The summed E-state index contributed by atoms with van der Waals surface area (Å²) >= 11 is 6.51. The van der Waals surface area contributed by atoms with E-state index < -0.39 is 17.2 Å². The van der Waals surface area contributed by atoms with Crippen LogP contribution in [0.1, 0.15) is 22.4 Å². The number of halogens is 2. The third-order valence-corrected chi connectivity index (χ3v) is 6.46. The van der Waals surface area contributed by atoms with Gasteiger partial charge in [0.1, 0.15) is 11.9 Å². The first-order chi connectivity index (χ1) is 18.2. The van der Waals surface area contributed by atoms with Crippen LogP contribution in [0.25, 0.3) is 16.6 Å². The highest BCUT2D eigenvalue weighted by Crippen LogP contribution is 2.31. The Morgan fingerprint density at radius 1 is 1.13 bits per heavy atom. The number of aryl methyl sites for hydroxylation is 3. The van der Waals surface area contributed by atoms with E-state index in [4.69, 9.17) is 11.6 Å². The first kappa shape index (κ1) is 24.9. The standard InChI is InChI=1S/C26H20ClFN8O2/c1-14-6-18(12-30-11-14)36-25(37)32-24(31-23-8-19-15(2)34(3)33-22(19)9-20(23)27)35(26(36)38)13-16-4-5-21(28)17(7-16)10-29/h4-9,11-12H,13H2,1-3H3,(H,31,32,37). The van der Waals surface area contributed by atoms with Gasteiger partial charge in [0.05, 0.1) is 40.2 Å². The molecule has 190 valence electrons.